The van der Waals surface area contributed by atoms with Gasteiger partial charge in [-0.15, -0.1) is 0 Å². The highest BCUT2D eigenvalue weighted by Crippen LogP contribution is 2.46. The van der Waals surface area contributed by atoms with Gasteiger partial charge in [-0.25, -0.2) is 19.7 Å². The summed E-state index contributed by atoms with van der Waals surface area (Å²) in [6, 6.07) is 8.97. The summed E-state index contributed by atoms with van der Waals surface area (Å²) in [6.45, 7) is 13.6. The summed E-state index contributed by atoms with van der Waals surface area (Å²) in [4.78, 5) is 43.2. The summed E-state index contributed by atoms with van der Waals surface area (Å²) in [6.07, 6.45) is 4.46. The normalized spacial score (nSPS) is 27.3. The van der Waals surface area contributed by atoms with Crippen molar-refractivity contribution in [2.75, 3.05) is 38.0 Å². The van der Waals surface area contributed by atoms with Crippen LogP contribution in [-0.4, -0.2) is 104 Å². The molecule has 0 aliphatic carbocycles. The second kappa shape index (κ2) is 11.5. The van der Waals surface area contributed by atoms with E-state index in [1.165, 1.54) is 6.33 Å². The monoisotopic (exact) mass is 633 g/mol. The molecule has 0 radical (unpaired) electrons. The lowest BCUT2D eigenvalue weighted by Gasteiger charge is -2.39. The van der Waals surface area contributed by atoms with Crippen LogP contribution in [0.5, 0.6) is 0 Å². The van der Waals surface area contributed by atoms with Crippen LogP contribution in [0.3, 0.4) is 0 Å². The zero-order chi connectivity index (χ0) is 32.3. The highest BCUT2D eigenvalue weighted by molar-refractivity contribution is 6.06. The fourth-order valence-electron chi connectivity index (χ4n) is 7.27. The van der Waals surface area contributed by atoms with Gasteiger partial charge >= 0.3 is 6.09 Å². The van der Waals surface area contributed by atoms with Crippen LogP contribution in [0.2, 0.25) is 0 Å². The Morgan fingerprint density at radius 3 is 2.46 bits per heavy atom. The Bertz CT molecular complexity index is 1600. The molecule has 2 aromatic heterocycles. The van der Waals surface area contributed by atoms with E-state index >= 15 is 0 Å². The number of anilines is 1. The molecule has 1 aromatic carbocycles. The van der Waals surface area contributed by atoms with Crippen molar-refractivity contribution < 1.29 is 28.5 Å². The molecular weight excluding hydrogens is 590 g/mol. The van der Waals surface area contributed by atoms with Crippen molar-refractivity contribution in [3.63, 3.8) is 0 Å². The Kier molecular flexibility index (Phi) is 7.78. The number of piperidine rings is 1. The van der Waals surface area contributed by atoms with E-state index in [9.17, 15) is 9.59 Å². The Morgan fingerprint density at radius 1 is 1.00 bits per heavy atom. The van der Waals surface area contributed by atoms with Crippen LogP contribution in [0, 0.1) is 5.41 Å². The van der Waals surface area contributed by atoms with Gasteiger partial charge in [-0.1, -0.05) is 18.2 Å². The summed E-state index contributed by atoms with van der Waals surface area (Å²) in [5.74, 6) is -0.718. The molecule has 4 fully saturated rings. The van der Waals surface area contributed by atoms with E-state index in [0.717, 1.165) is 32.4 Å². The molecule has 1 N–H and O–H groups in total. The van der Waals surface area contributed by atoms with Gasteiger partial charge in [0.15, 0.2) is 29.0 Å². The van der Waals surface area contributed by atoms with Gasteiger partial charge in [0.25, 0.3) is 5.91 Å². The summed E-state index contributed by atoms with van der Waals surface area (Å²) in [5, 5.41) is 2.87. The van der Waals surface area contributed by atoms with Gasteiger partial charge in [-0.2, -0.15) is 0 Å². The molecule has 0 saturated carbocycles. The number of aromatic nitrogens is 4. The molecule has 7 rings (SSSR count). The van der Waals surface area contributed by atoms with E-state index in [1.807, 2.05) is 62.3 Å². The Labute approximate surface area is 268 Å². The minimum atomic E-state index is -0.767. The maximum Gasteiger partial charge on any atom is 0.410 e. The third-order valence-electron chi connectivity index (χ3n) is 9.46. The second-order valence-electron chi connectivity index (χ2n) is 14.4. The molecule has 4 saturated heterocycles. The number of rotatable bonds is 5. The molecule has 6 heterocycles. The van der Waals surface area contributed by atoms with Gasteiger partial charge in [-0.05, 0) is 78.0 Å². The minimum absolute atomic E-state index is 0.181. The Balaban J connectivity index is 1.04. The number of imidazole rings is 1. The maximum atomic E-state index is 12.9. The van der Waals surface area contributed by atoms with Crippen LogP contribution >= 0.6 is 0 Å². The molecule has 4 atom stereocenters. The average Bonchev–Trinajstić information content (AvgIpc) is 3.76. The predicted octanol–water partition coefficient (Wildman–Crippen LogP) is 4.22. The predicted molar refractivity (Wildman–Crippen MR) is 168 cm³/mol. The molecule has 0 unspecified atom stereocenters. The largest absolute Gasteiger partial charge is 0.444 e. The molecule has 4 aliphatic rings. The molecule has 3 aromatic rings. The summed E-state index contributed by atoms with van der Waals surface area (Å²) in [7, 11) is 0. The van der Waals surface area contributed by atoms with Crippen molar-refractivity contribution in [2.24, 2.45) is 5.41 Å². The standard InChI is InChI=1S/C33H43N7O6/c1-31(2,3)46-30(42)39-15-12-33(13-16-39)11-14-38(18-33)17-22-24-25(45-32(4,5)44-24)29(43-22)40-20-36-23-26(34-19-35-27(23)40)37-28(41)21-9-7-6-8-10-21/h6-10,19-20,22,24-25,29H,11-18H2,1-5H3,(H,34,35,37,41)/t22-,24-,25-,29-/m1/s1. The van der Waals surface area contributed by atoms with Crippen LogP contribution in [0.4, 0.5) is 10.6 Å². The number of carbonyl (C=O) groups excluding carboxylic acids is 2. The van der Waals surface area contributed by atoms with Gasteiger partial charge in [0.1, 0.15) is 30.2 Å². The smallest absolute Gasteiger partial charge is 0.410 e. The first-order valence-corrected chi connectivity index (χ1v) is 16.1. The number of ether oxygens (including phenoxy) is 4. The number of amides is 2. The molecule has 0 bridgehead atoms. The lowest BCUT2D eigenvalue weighted by Crippen LogP contribution is -2.46. The van der Waals surface area contributed by atoms with Crippen LogP contribution < -0.4 is 5.32 Å². The summed E-state index contributed by atoms with van der Waals surface area (Å²) < 4.78 is 27.0. The first-order chi connectivity index (χ1) is 21.9. The number of fused-ring (bicyclic) bond motifs is 2. The van der Waals surface area contributed by atoms with E-state index < -0.39 is 17.6 Å². The van der Waals surface area contributed by atoms with Crippen molar-refractivity contribution in [3.8, 4) is 0 Å². The fourth-order valence-corrected chi connectivity index (χ4v) is 7.27. The van der Waals surface area contributed by atoms with Gasteiger partial charge in [0.05, 0.1) is 6.33 Å². The Morgan fingerprint density at radius 2 is 1.72 bits per heavy atom. The molecule has 13 nitrogen and oxygen atoms in total. The van der Waals surface area contributed by atoms with Crippen molar-refractivity contribution in [3.05, 3.63) is 48.5 Å². The molecule has 46 heavy (non-hydrogen) atoms. The van der Waals surface area contributed by atoms with Gasteiger partial charge in [0, 0.05) is 31.7 Å². The number of hydrogen-bond acceptors (Lipinski definition) is 10. The number of nitrogens with one attached hydrogen (secondary N) is 1. The highest BCUT2D eigenvalue weighted by Gasteiger charge is 2.57. The van der Waals surface area contributed by atoms with Gasteiger partial charge < -0.3 is 34.1 Å². The van der Waals surface area contributed by atoms with Crippen molar-refractivity contribution in [2.45, 2.75) is 89.8 Å². The number of carbonyl (C=O) groups is 2. The van der Waals surface area contributed by atoms with Crippen molar-refractivity contribution in [1.82, 2.24) is 29.3 Å². The van der Waals surface area contributed by atoms with Gasteiger partial charge in [0.2, 0.25) is 0 Å². The third-order valence-corrected chi connectivity index (χ3v) is 9.46. The third kappa shape index (κ3) is 6.08. The maximum absolute atomic E-state index is 12.9. The minimum Gasteiger partial charge on any atom is -0.444 e. The average molecular weight is 634 g/mol. The quantitative estimate of drug-likeness (QED) is 0.436. The summed E-state index contributed by atoms with van der Waals surface area (Å²) in [5.41, 5.74) is 1.21. The highest BCUT2D eigenvalue weighted by atomic mass is 16.8. The first kappa shape index (κ1) is 31.0. The lowest BCUT2D eigenvalue weighted by atomic mass is 9.78. The van der Waals surface area contributed by atoms with Crippen LogP contribution in [0.25, 0.3) is 11.2 Å². The number of hydrogen-bond donors (Lipinski definition) is 1. The molecular formula is C33H43N7O6. The lowest BCUT2D eigenvalue weighted by molar-refractivity contribution is -0.197. The molecule has 2 amide bonds. The van der Waals surface area contributed by atoms with Crippen molar-refractivity contribution in [1.29, 1.82) is 0 Å². The zero-order valence-electron chi connectivity index (χ0n) is 27.1. The Hall–Kier alpha value is -3.65. The molecule has 4 aliphatic heterocycles. The van der Waals surface area contributed by atoms with Crippen LogP contribution in [-0.2, 0) is 18.9 Å². The van der Waals surface area contributed by atoms with Crippen LogP contribution in [0.15, 0.2) is 43.0 Å². The van der Waals surface area contributed by atoms with E-state index in [2.05, 4.69) is 25.2 Å². The fraction of sp³-hybridized carbons (Fsp3) is 0.606. The summed E-state index contributed by atoms with van der Waals surface area (Å²) >= 11 is 0. The first-order valence-electron chi connectivity index (χ1n) is 16.1. The molecule has 1 spiro atoms. The number of likely N-dealkylation sites (tertiary alicyclic amines) is 2. The topological polar surface area (TPSA) is 133 Å². The van der Waals surface area contributed by atoms with Crippen LogP contribution in [0.1, 0.15) is 70.5 Å². The van der Waals surface area contributed by atoms with E-state index in [1.54, 1.807) is 18.5 Å². The molecule has 246 valence electrons. The number of nitrogens with zero attached hydrogens (tertiary/aromatic N) is 6. The molecule has 13 heteroatoms. The van der Waals surface area contributed by atoms with Gasteiger partial charge in [-0.3, -0.25) is 9.36 Å². The second-order valence-corrected chi connectivity index (χ2v) is 14.4. The zero-order valence-corrected chi connectivity index (χ0v) is 27.1. The SMILES string of the molecule is CC(C)(C)OC(=O)N1CCC2(CCN(C[C@H]3O[C@@H](n4cnc5c(NC(=O)c6ccccc6)ncnc54)[C@@H]4OC(C)(C)O[C@@H]43)C2)CC1. The number of benzene rings is 1. The van der Waals surface area contributed by atoms with Crippen molar-refractivity contribution >= 4 is 29.0 Å². The van der Waals surface area contributed by atoms with E-state index in [-0.39, 0.29) is 35.7 Å². The van der Waals surface area contributed by atoms with E-state index in [4.69, 9.17) is 18.9 Å². The van der Waals surface area contributed by atoms with E-state index in [0.29, 0.717) is 42.2 Å².